The van der Waals surface area contributed by atoms with E-state index in [1.54, 1.807) is 7.11 Å². The fourth-order valence-corrected chi connectivity index (χ4v) is 5.25. The fraction of sp³-hybridized carbons (Fsp3) is 0.429. The lowest BCUT2D eigenvalue weighted by Gasteiger charge is -2.42. The maximum atomic E-state index is 12.2. The van der Waals surface area contributed by atoms with Gasteiger partial charge in [-0.1, -0.05) is 45.4 Å². The Hall–Kier alpha value is -2.56. The van der Waals surface area contributed by atoms with Crippen molar-refractivity contribution in [2.45, 2.75) is 34.6 Å². The number of fused-ring (bicyclic) bond motifs is 2. The van der Waals surface area contributed by atoms with E-state index in [1.165, 1.54) is 0 Å². The van der Waals surface area contributed by atoms with E-state index in [-0.39, 0.29) is 11.1 Å². The molecule has 0 aliphatic heterocycles. The van der Waals surface area contributed by atoms with Gasteiger partial charge in [0, 0.05) is 10.8 Å². The minimum atomic E-state index is -1.17. The number of rotatable bonds is 4. The molecule has 2 N–H and O–H groups in total. The van der Waals surface area contributed by atoms with Crippen molar-refractivity contribution in [1.29, 1.82) is 0 Å². The topological polar surface area (TPSA) is 83.8 Å². The van der Waals surface area contributed by atoms with E-state index in [4.69, 9.17) is 4.74 Å². The third-order valence-corrected chi connectivity index (χ3v) is 7.18. The van der Waals surface area contributed by atoms with Crippen molar-refractivity contribution < 1.29 is 24.5 Å². The number of benzene rings is 1. The summed E-state index contributed by atoms with van der Waals surface area (Å²) in [6, 6.07) is 7.48. The largest absolute Gasteiger partial charge is 0.497 e. The SMILES string of the molecule is COc1ccc(C2=C(C)C3(C)C(C(=O)O)=C(C(=O)O)C2(C)C3(C)C)cc1. The molecular formula is C21H24O5. The number of hydrogen-bond acceptors (Lipinski definition) is 3. The summed E-state index contributed by atoms with van der Waals surface area (Å²) < 4.78 is 5.22. The predicted octanol–water partition coefficient (Wildman–Crippen LogP) is 4.00. The smallest absolute Gasteiger partial charge is 0.333 e. The molecular weight excluding hydrogens is 332 g/mol. The Labute approximate surface area is 153 Å². The summed E-state index contributed by atoms with van der Waals surface area (Å²) >= 11 is 0. The first-order valence-corrected chi connectivity index (χ1v) is 8.54. The van der Waals surface area contributed by atoms with E-state index in [1.807, 2.05) is 58.9 Å². The molecule has 5 nitrogen and oxygen atoms in total. The normalized spacial score (nSPS) is 29.3. The highest BCUT2D eigenvalue weighted by Crippen LogP contribution is 2.77. The fourth-order valence-electron chi connectivity index (χ4n) is 5.25. The Kier molecular flexibility index (Phi) is 3.66. The number of methoxy groups -OCH3 is 1. The van der Waals surface area contributed by atoms with Crippen LogP contribution in [0.2, 0.25) is 0 Å². The molecule has 2 bridgehead atoms. The third kappa shape index (κ3) is 1.76. The Morgan fingerprint density at radius 1 is 0.885 bits per heavy atom. The van der Waals surface area contributed by atoms with Crippen LogP contribution in [0.3, 0.4) is 0 Å². The van der Waals surface area contributed by atoms with Crippen LogP contribution in [0.1, 0.15) is 40.2 Å². The highest BCUT2D eigenvalue weighted by molar-refractivity contribution is 6.09. The molecule has 0 saturated carbocycles. The van der Waals surface area contributed by atoms with Crippen LogP contribution in [0.5, 0.6) is 5.75 Å². The van der Waals surface area contributed by atoms with E-state index in [0.717, 1.165) is 16.7 Å². The number of hydrogen-bond donors (Lipinski definition) is 2. The van der Waals surface area contributed by atoms with Crippen molar-refractivity contribution in [2.75, 3.05) is 7.11 Å². The van der Waals surface area contributed by atoms with Crippen LogP contribution in [-0.2, 0) is 9.59 Å². The van der Waals surface area contributed by atoms with E-state index >= 15 is 0 Å². The zero-order valence-corrected chi connectivity index (χ0v) is 15.9. The summed E-state index contributed by atoms with van der Waals surface area (Å²) in [5, 5.41) is 19.8. The van der Waals surface area contributed by atoms with Crippen LogP contribution >= 0.6 is 0 Å². The van der Waals surface area contributed by atoms with Crippen molar-refractivity contribution in [1.82, 2.24) is 0 Å². The molecule has 0 spiro atoms. The van der Waals surface area contributed by atoms with Crippen molar-refractivity contribution in [3.63, 3.8) is 0 Å². The van der Waals surface area contributed by atoms with Gasteiger partial charge in [0.2, 0.25) is 0 Å². The monoisotopic (exact) mass is 356 g/mol. The Morgan fingerprint density at radius 3 is 1.77 bits per heavy atom. The minimum absolute atomic E-state index is 0.00563. The summed E-state index contributed by atoms with van der Waals surface area (Å²) in [4.78, 5) is 24.2. The van der Waals surface area contributed by atoms with Gasteiger partial charge in [0.25, 0.3) is 0 Å². The summed E-state index contributed by atoms with van der Waals surface area (Å²) in [6.07, 6.45) is 0. The first kappa shape index (κ1) is 18.2. The van der Waals surface area contributed by atoms with Gasteiger partial charge < -0.3 is 14.9 Å². The molecule has 26 heavy (non-hydrogen) atoms. The number of carboxylic acids is 2. The number of aliphatic carboxylic acids is 2. The lowest BCUT2D eigenvalue weighted by atomic mass is 9.59. The molecule has 138 valence electrons. The zero-order valence-electron chi connectivity index (χ0n) is 15.9. The van der Waals surface area contributed by atoms with Crippen molar-refractivity contribution in [2.24, 2.45) is 16.2 Å². The lowest BCUT2D eigenvalue weighted by molar-refractivity contribution is -0.136. The van der Waals surface area contributed by atoms with Gasteiger partial charge in [-0.15, -0.1) is 0 Å². The number of carboxylic acid groups (broad SMARTS) is 2. The molecule has 1 aromatic rings. The second-order valence-electron chi connectivity index (χ2n) is 7.96. The number of allylic oxidation sites excluding steroid dienone is 2. The molecule has 3 rings (SSSR count). The molecule has 2 aliphatic rings. The van der Waals surface area contributed by atoms with Gasteiger partial charge in [0.15, 0.2) is 0 Å². The molecule has 0 saturated heterocycles. The van der Waals surface area contributed by atoms with Crippen molar-refractivity contribution in [3.05, 3.63) is 46.5 Å². The maximum Gasteiger partial charge on any atom is 0.333 e. The molecule has 1 aromatic carbocycles. The summed E-state index contributed by atoms with van der Waals surface area (Å²) in [7, 11) is 1.59. The van der Waals surface area contributed by atoms with Crippen LogP contribution in [0, 0.1) is 16.2 Å². The van der Waals surface area contributed by atoms with Gasteiger partial charge in [-0.05, 0) is 35.6 Å². The van der Waals surface area contributed by atoms with E-state index < -0.39 is 28.2 Å². The molecule has 0 amide bonds. The Morgan fingerprint density at radius 2 is 1.35 bits per heavy atom. The quantitative estimate of drug-likeness (QED) is 0.852. The molecule has 2 unspecified atom stereocenters. The van der Waals surface area contributed by atoms with Crippen LogP contribution in [0.25, 0.3) is 5.57 Å². The number of ether oxygens (including phenoxy) is 1. The average Bonchev–Trinajstić information content (AvgIpc) is 2.78. The second kappa shape index (κ2) is 5.22. The van der Waals surface area contributed by atoms with Gasteiger partial charge in [-0.2, -0.15) is 0 Å². The standard InChI is InChI=1S/C21H24O5/c1-11-14(12-7-9-13(26-6)10-8-12)21(5)16(18(24)25)15(17(22)23)20(11,4)19(21,2)3/h7-10H,1-6H3,(H,22,23)(H,24,25). The Bertz CT molecular complexity index is 887. The molecule has 0 heterocycles. The Balaban J connectivity index is 2.36. The van der Waals surface area contributed by atoms with Crippen LogP contribution in [0.15, 0.2) is 41.0 Å². The number of carbonyl (C=O) groups is 2. The molecule has 2 atom stereocenters. The molecule has 2 aliphatic carbocycles. The lowest BCUT2D eigenvalue weighted by Crippen LogP contribution is -2.39. The highest BCUT2D eigenvalue weighted by Gasteiger charge is 2.72. The van der Waals surface area contributed by atoms with Gasteiger partial charge >= 0.3 is 11.9 Å². The molecule has 0 fully saturated rings. The van der Waals surface area contributed by atoms with Crippen LogP contribution in [-0.4, -0.2) is 29.3 Å². The van der Waals surface area contributed by atoms with E-state index in [9.17, 15) is 19.8 Å². The van der Waals surface area contributed by atoms with Gasteiger partial charge in [0.05, 0.1) is 18.3 Å². The summed E-state index contributed by atoms with van der Waals surface area (Å²) in [5.41, 5.74) is 0.330. The second-order valence-corrected chi connectivity index (χ2v) is 7.96. The first-order chi connectivity index (χ1) is 12.0. The predicted molar refractivity (Wildman–Crippen MR) is 97.9 cm³/mol. The van der Waals surface area contributed by atoms with Gasteiger partial charge in [0.1, 0.15) is 5.75 Å². The molecule has 0 radical (unpaired) electrons. The third-order valence-electron chi connectivity index (χ3n) is 7.18. The molecule has 0 aromatic heterocycles. The van der Waals surface area contributed by atoms with Crippen LogP contribution < -0.4 is 4.74 Å². The maximum absolute atomic E-state index is 12.2. The van der Waals surface area contributed by atoms with Crippen molar-refractivity contribution >= 4 is 17.5 Å². The van der Waals surface area contributed by atoms with E-state index in [0.29, 0.717) is 5.75 Å². The zero-order chi connectivity index (χ0) is 19.7. The summed E-state index contributed by atoms with van der Waals surface area (Å²) in [6.45, 7) is 9.57. The average molecular weight is 356 g/mol. The van der Waals surface area contributed by atoms with Crippen molar-refractivity contribution in [3.8, 4) is 5.75 Å². The molecule has 5 heteroatoms. The summed E-state index contributed by atoms with van der Waals surface area (Å²) in [5.74, 6) is -1.61. The van der Waals surface area contributed by atoms with Crippen LogP contribution in [0.4, 0.5) is 0 Å². The first-order valence-electron chi connectivity index (χ1n) is 8.54. The van der Waals surface area contributed by atoms with Gasteiger partial charge in [-0.25, -0.2) is 9.59 Å². The van der Waals surface area contributed by atoms with Gasteiger partial charge in [-0.3, -0.25) is 0 Å². The van der Waals surface area contributed by atoms with E-state index in [2.05, 4.69) is 0 Å². The minimum Gasteiger partial charge on any atom is -0.497 e. The highest BCUT2D eigenvalue weighted by atomic mass is 16.5.